The molecule has 5 nitrogen and oxygen atoms in total. The van der Waals surface area contributed by atoms with Crippen molar-refractivity contribution in [2.45, 2.75) is 32.4 Å². The molecule has 7 heteroatoms. The van der Waals surface area contributed by atoms with E-state index in [1.54, 1.807) is 31.4 Å². The van der Waals surface area contributed by atoms with Crippen LogP contribution in [0, 0.1) is 5.82 Å². The van der Waals surface area contributed by atoms with Crippen LogP contribution < -0.4 is 0 Å². The molecule has 28 heavy (non-hydrogen) atoms. The summed E-state index contributed by atoms with van der Waals surface area (Å²) in [5.74, 6) is 1.08. The maximum absolute atomic E-state index is 14.7. The Bertz CT molecular complexity index is 1050. The number of halogens is 2. The second kappa shape index (κ2) is 7.81. The summed E-state index contributed by atoms with van der Waals surface area (Å²) in [6.07, 6.45) is 1.67. The SMILES string of the molecule is CCC[C@@H]1N=C(c2ccccc2F)c2cc(Cl)ccc2-n2c(COC)nnc21. The first-order valence-electron chi connectivity index (χ1n) is 9.20. The second-order valence-corrected chi connectivity index (χ2v) is 7.10. The summed E-state index contributed by atoms with van der Waals surface area (Å²) in [4.78, 5) is 4.95. The molecular formula is C21H20ClFN4O. The van der Waals surface area contributed by atoms with Crippen LogP contribution in [0.5, 0.6) is 0 Å². The maximum Gasteiger partial charge on any atom is 0.163 e. The van der Waals surface area contributed by atoms with Crippen molar-refractivity contribution in [3.63, 3.8) is 0 Å². The topological polar surface area (TPSA) is 52.3 Å². The molecule has 1 atom stereocenters. The first kappa shape index (κ1) is 18.8. The summed E-state index contributed by atoms with van der Waals surface area (Å²) in [6, 6.07) is 11.9. The Labute approximate surface area is 167 Å². The number of nitrogens with zero attached hydrogens (tertiary/aromatic N) is 4. The molecule has 0 amide bonds. The van der Waals surface area contributed by atoms with Crippen LogP contribution in [-0.4, -0.2) is 27.6 Å². The average molecular weight is 399 g/mol. The van der Waals surface area contributed by atoms with Gasteiger partial charge in [-0.05, 0) is 36.8 Å². The molecule has 2 heterocycles. The minimum atomic E-state index is -0.322. The van der Waals surface area contributed by atoms with E-state index in [9.17, 15) is 4.39 Å². The van der Waals surface area contributed by atoms with Crippen molar-refractivity contribution in [3.05, 3.63) is 76.1 Å². The highest BCUT2D eigenvalue weighted by atomic mass is 35.5. The van der Waals surface area contributed by atoms with Crippen molar-refractivity contribution in [2.24, 2.45) is 4.99 Å². The summed E-state index contributed by atoms with van der Waals surface area (Å²) < 4.78 is 22.0. The van der Waals surface area contributed by atoms with Crippen LogP contribution >= 0.6 is 11.6 Å². The Morgan fingerprint density at radius 1 is 1.14 bits per heavy atom. The molecule has 0 saturated heterocycles. The Balaban J connectivity index is 2.03. The fraction of sp³-hybridized carbons (Fsp3) is 0.286. The van der Waals surface area contributed by atoms with Gasteiger partial charge in [0.15, 0.2) is 11.6 Å². The summed E-state index contributed by atoms with van der Waals surface area (Å²) in [7, 11) is 1.62. The number of hydrogen-bond donors (Lipinski definition) is 0. The molecule has 0 radical (unpaired) electrons. The molecule has 3 aromatic rings. The number of ether oxygens (including phenoxy) is 1. The number of rotatable bonds is 5. The van der Waals surface area contributed by atoms with Crippen LogP contribution in [0.3, 0.4) is 0 Å². The Hall–Kier alpha value is -2.57. The van der Waals surface area contributed by atoms with Crippen molar-refractivity contribution < 1.29 is 9.13 Å². The predicted octanol–water partition coefficient (Wildman–Crippen LogP) is 4.90. The van der Waals surface area contributed by atoms with E-state index >= 15 is 0 Å². The van der Waals surface area contributed by atoms with E-state index in [1.165, 1.54) is 6.07 Å². The van der Waals surface area contributed by atoms with Gasteiger partial charge in [-0.3, -0.25) is 9.56 Å². The van der Waals surface area contributed by atoms with Crippen molar-refractivity contribution in [3.8, 4) is 5.69 Å². The number of hydrogen-bond acceptors (Lipinski definition) is 4. The van der Waals surface area contributed by atoms with Gasteiger partial charge >= 0.3 is 0 Å². The molecule has 0 bridgehead atoms. The summed E-state index contributed by atoms with van der Waals surface area (Å²) in [5, 5.41) is 9.27. The highest BCUT2D eigenvalue weighted by Crippen LogP contribution is 2.34. The highest BCUT2D eigenvalue weighted by Gasteiger charge is 2.29. The van der Waals surface area contributed by atoms with E-state index in [0.717, 1.165) is 29.9 Å². The third-order valence-electron chi connectivity index (χ3n) is 4.76. The molecule has 2 aromatic carbocycles. The fourth-order valence-corrected chi connectivity index (χ4v) is 3.71. The zero-order chi connectivity index (χ0) is 19.7. The lowest BCUT2D eigenvalue weighted by Gasteiger charge is -2.14. The van der Waals surface area contributed by atoms with Gasteiger partial charge in [0, 0.05) is 23.3 Å². The molecule has 1 aliphatic rings. The maximum atomic E-state index is 14.7. The molecule has 0 N–H and O–H groups in total. The van der Waals surface area contributed by atoms with Crippen molar-refractivity contribution in [1.29, 1.82) is 0 Å². The quantitative estimate of drug-likeness (QED) is 0.614. The van der Waals surface area contributed by atoms with Crippen LogP contribution in [0.4, 0.5) is 4.39 Å². The van der Waals surface area contributed by atoms with Gasteiger partial charge in [-0.1, -0.05) is 37.1 Å². The van der Waals surface area contributed by atoms with E-state index in [4.69, 9.17) is 21.3 Å². The van der Waals surface area contributed by atoms with Gasteiger partial charge in [0.05, 0.1) is 11.4 Å². The monoisotopic (exact) mass is 398 g/mol. The van der Waals surface area contributed by atoms with E-state index in [1.807, 2.05) is 16.7 Å². The fourth-order valence-electron chi connectivity index (χ4n) is 3.54. The van der Waals surface area contributed by atoms with E-state index in [2.05, 4.69) is 17.1 Å². The molecular weight excluding hydrogens is 379 g/mol. The standard InChI is InChI=1S/C21H20ClFN4O/c1-3-6-17-21-26-25-19(12-28-2)27(21)18-10-9-13(22)11-15(18)20(24-17)14-7-4-5-8-16(14)23/h4-5,7-11,17H,3,6,12H2,1-2H3/t17-/m0/s1. The van der Waals surface area contributed by atoms with Crippen LogP contribution in [-0.2, 0) is 11.3 Å². The van der Waals surface area contributed by atoms with Gasteiger partial charge in [0.25, 0.3) is 0 Å². The zero-order valence-electron chi connectivity index (χ0n) is 15.7. The molecule has 0 spiro atoms. The van der Waals surface area contributed by atoms with Gasteiger partial charge in [-0.2, -0.15) is 0 Å². The van der Waals surface area contributed by atoms with Crippen LogP contribution in [0.25, 0.3) is 5.69 Å². The Morgan fingerprint density at radius 2 is 1.96 bits per heavy atom. The Morgan fingerprint density at radius 3 is 2.71 bits per heavy atom. The number of benzene rings is 2. The highest BCUT2D eigenvalue weighted by molar-refractivity contribution is 6.31. The zero-order valence-corrected chi connectivity index (χ0v) is 16.4. The number of methoxy groups -OCH3 is 1. The minimum absolute atomic E-state index is 0.246. The lowest BCUT2D eigenvalue weighted by molar-refractivity contribution is 0.176. The van der Waals surface area contributed by atoms with Crippen LogP contribution in [0.2, 0.25) is 5.02 Å². The lowest BCUT2D eigenvalue weighted by atomic mass is 9.99. The van der Waals surface area contributed by atoms with E-state index < -0.39 is 0 Å². The normalized spacial score (nSPS) is 15.6. The molecule has 0 fully saturated rings. The number of fused-ring (bicyclic) bond motifs is 3. The first-order valence-corrected chi connectivity index (χ1v) is 9.58. The van der Waals surface area contributed by atoms with Gasteiger partial charge < -0.3 is 4.74 Å². The van der Waals surface area contributed by atoms with Crippen molar-refractivity contribution >= 4 is 17.3 Å². The van der Waals surface area contributed by atoms with Crippen molar-refractivity contribution in [2.75, 3.05) is 7.11 Å². The molecule has 4 rings (SSSR count). The molecule has 0 unspecified atom stereocenters. The molecule has 0 aliphatic carbocycles. The summed E-state index contributed by atoms with van der Waals surface area (Å²) in [5.41, 5.74) is 2.58. The van der Waals surface area contributed by atoms with Gasteiger partial charge in [0.2, 0.25) is 0 Å². The van der Waals surface area contributed by atoms with E-state index in [0.29, 0.717) is 28.7 Å². The van der Waals surface area contributed by atoms with Crippen LogP contribution in [0.1, 0.15) is 48.6 Å². The second-order valence-electron chi connectivity index (χ2n) is 6.67. The first-order chi connectivity index (χ1) is 13.6. The van der Waals surface area contributed by atoms with E-state index in [-0.39, 0.29) is 11.9 Å². The molecule has 1 aliphatic heterocycles. The van der Waals surface area contributed by atoms with Crippen LogP contribution in [0.15, 0.2) is 47.5 Å². The van der Waals surface area contributed by atoms with Gasteiger partial charge in [-0.25, -0.2) is 4.39 Å². The smallest absolute Gasteiger partial charge is 0.163 e. The van der Waals surface area contributed by atoms with Gasteiger partial charge in [-0.15, -0.1) is 10.2 Å². The third kappa shape index (κ3) is 3.23. The minimum Gasteiger partial charge on any atom is -0.377 e. The van der Waals surface area contributed by atoms with Gasteiger partial charge in [0.1, 0.15) is 18.5 Å². The Kier molecular flexibility index (Phi) is 5.24. The summed E-state index contributed by atoms with van der Waals surface area (Å²) >= 11 is 6.31. The number of aromatic nitrogens is 3. The predicted molar refractivity (Wildman–Crippen MR) is 107 cm³/mol. The summed E-state index contributed by atoms with van der Waals surface area (Å²) in [6.45, 7) is 2.40. The third-order valence-corrected chi connectivity index (χ3v) is 4.99. The largest absolute Gasteiger partial charge is 0.377 e. The molecule has 144 valence electrons. The van der Waals surface area contributed by atoms with Crippen molar-refractivity contribution in [1.82, 2.24) is 14.8 Å². The lowest BCUT2D eigenvalue weighted by Crippen LogP contribution is -2.11. The number of aliphatic imine (C=N–C) groups is 1. The average Bonchev–Trinajstić information content (AvgIpc) is 3.04. The molecule has 1 aromatic heterocycles. The molecule has 0 saturated carbocycles.